The van der Waals surface area contributed by atoms with Crippen molar-refractivity contribution < 1.29 is 9.32 Å². The Hall–Kier alpha value is -4.26. The lowest BCUT2D eigenvalue weighted by molar-refractivity contribution is 0.0951. The summed E-state index contributed by atoms with van der Waals surface area (Å²) in [6.07, 6.45) is 7.16. The van der Waals surface area contributed by atoms with Crippen LogP contribution in [0.15, 0.2) is 83.9 Å². The number of hydrogen-bond donors (Lipinski definition) is 1. The maximum atomic E-state index is 12.6. The fraction of sp³-hybridized carbons (Fsp3) is 0.0833. The van der Waals surface area contributed by atoms with Gasteiger partial charge in [0.05, 0.1) is 11.3 Å². The zero-order valence-electron chi connectivity index (χ0n) is 16.8. The quantitative estimate of drug-likeness (QED) is 0.468. The molecule has 7 heteroatoms. The molecule has 5 rings (SSSR count). The second kappa shape index (κ2) is 7.87. The van der Waals surface area contributed by atoms with E-state index in [4.69, 9.17) is 9.51 Å². The van der Waals surface area contributed by atoms with Gasteiger partial charge < -0.3 is 14.2 Å². The number of pyridine rings is 2. The summed E-state index contributed by atoms with van der Waals surface area (Å²) in [5.74, 6) is 0.535. The van der Waals surface area contributed by atoms with E-state index < -0.39 is 0 Å². The van der Waals surface area contributed by atoms with Gasteiger partial charge in [-0.25, -0.2) is 4.98 Å². The molecule has 7 nitrogen and oxygen atoms in total. The molecule has 4 aromatic heterocycles. The third kappa shape index (κ3) is 3.69. The highest BCUT2D eigenvalue weighted by molar-refractivity contribution is 5.95. The zero-order chi connectivity index (χ0) is 21.2. The van der Waals surface area contributed by atoms with Crippen LogP contribution in [0.5, 0.6) is 0 Å². The smallest absolute Gasteiger partial charge is 0.251 e. The fourth-order valence-corrected chi connectivity index (χ4v) is 3.50. The summed E-state index contributed by atoms with van der Waals surface area (Å²) >= 11 is 0. The Morgan fingerprint density at radius 2 is 1.90 bits per heavy atom. The van der Waals surface area contributed by atoms with Crippen molar-refractivity contribution in [1.29, 1.82) is 0 Å². The van der Waals surface area contributed by atoms with Crippen molar-refractivity contribution in [3.63, 3.8) is 0 Å². The Labute approximate surface area is 178 Å². The lowest BCUT2D eigenvalue weighted by atomic mass is 10.0. The third-order valence-corrected chi connectivity index (χ3v) is 5.09. The molecule has 0 aliphatic carbocycles. The van der Waals surface area contributed by atoms with Gasteiger partial charge in [0.15, 0.2) is 0 Å². The van der Waals surface area contributed by atoms with E-state index in [0.717, 1.165) is 28.1 Å². The normalized spacial score (nSPS) is 11.0. The molecule has 1 amide bonds. The van der Waals surface area contributed by atoms with Crippen molar-refractivity contribution in [3.05, 3.63) is 96.3 Å². The molecule has 0 aliphatic heterocycles. The SMILES string of the molecule is Cc1onc(-c2ccccc2)c1-c1cn2ccc(C(=O)NCc3ccncc3)cc2n1. The Balaban J connectivity index is 1.44. The lowest BCUT2D eigenvalue weighted by Crippen LogP contribution is -2.22. The van der Waals surface area contributed by atoms with Crippen LogP contribution < -0.4 is 5.32 Å². The van der Waals surface area contributed by atoms with Crippen molar-refractivity contribution in [3.8, 4) is 22.5 Å². The van der Waals surface area contributed by atoms with E-state index in [9.17, 15) is 4.79 Å². The van der Waals surface area contributed by atoms with Crippen LogP contribution in [0.1, 0.15) is 21.7 Å². The molecule has 0 radical (unpaired) electrons. The average molecular weight is 409 g/mol. The molecule has 0 saturated carbocycles. The maximum absolute atomic E-state index is 12.6. The first-order valence-corrected chi connectivity index (χ1v) is 9.87. The topological polar surface area (TPSA) is 85.3 Å². The monoisotopic (exact) mass is 409 g/mol. The largest absolute Gasteiger partial charge is 0.360 e. The number of aryl methyl sites for hydroxylation is 1. The van der Waals surface area contributed by atoms with Crippen LogP contribution in [-0.2, 0) is 6.54 Å². The molecule has 0 saturated heterocycles. The molecular formula is C24H19N5O2. The highest BCUT2D eigenvalue weighted by Gasteiger charge is 2.19. The van der Waals surface area contributed by atoms with Gasteiger partial charge in [-0.2, -0.15) is 0 Å². The van der Waals surface area contributed by atoms with Gasteiger partial charge in [-0.3, -0.25) is 9.78 Å². The highest BCUT2D eigenvalue weighted by Crippen LogP contribution is 2.33. The van der Waals surface area contributed by atoms with Gasteiger partial charge in [0.1, 0.15) is 17.1 Å². The Kier molecular flexibility index (Phi) is 4.76. The number of carbonyl (C=O) groups excluding carboxylic acids is 1. The van der Waals surface area contributed by atoms with E-state index in [2.05, 4.69) is 15.5 Å². The predicted octanol–water partition coefficient (Wildman–Crippen LogP) is 4.29. The molecule has 31 heavy (non-hydrogen) atoms. The molecular weight excluding hydrogens is 390 g/mol. The summed E-state index contributed by atoms with van der Waals surface area (Å²) < 4.78 is 7.35. The summed E-state index contributed by atoms with van der Waals surface area (Å²) in [5, 5.41) is 7.16. The van der Waals surface area contributed by atoms with Crippen LogP contribution in [0.2, 0.25) is 0 Å². The van der Waals surface area contributed by atoms with Crippen LogP contribution >= 0.6 is 0 Å². The summed E-state index contributed by atoms with van der Waals surface area (Å²) in [6, 6.07) is 17.2. The van der Waals surface area contributed by atoms with E-state index in [1.54, 1.807) is 24.5 Å². The molecule has 0 spiro atoms. The minimum absolute atomic E-state index is 0.157. The number of amides is 1. The van der Waals surface area contributed by atoms with E-state index in [1.807, 2.05) is 66.2 Å². The number of fused-ring (bicyclic) bond motifs is 1. The highest BCUT2D eigenvalue weighted by atomic mass is 16.5. The van der Waals surface area contributed by atoms with Crippen molar-refractivity contribution in [2.75, 3.05) is 0 Å². The Bertz CT molecular complexity index is 1360. The predicted molar refractivity (Wildman–Crippen MR) is 116 cm³/mol. The van der Waals surface area contributed by atoms with E-state index in [0.29, 0.717) is 23.5 Å². The summed E-state index contributed by atoms with van der Waals surface area (Å²) in [7, 11) is 0. The molecule has 0 unspecified atom stereocenters. The molecule has 1 aromatic carbocycles. The van der Waals surface area contributed by atoms with E-state index in [1.165, 1.54) is 0 Å². The van der Waals surface area contributed by atoms with Gasteiger partial charge in [-0.15, -0.1) is 0 Å². The molecule has 4 heterocycles. The van der Waals surface area contributed by atoms with E-state index >= 15 is 0 Å². The van der Waals surface area contributed by atoms with E-state index in [-0.39, 0.29) is 5.91 Å². The lowest BCUT2D eigenvalue weighted by Gasteiger charge is -2.05. The molecule has 152 valence electrons. The number of aromatic nitrogens is 4. The number of hydrogen-bond acceptors (Lipinski definition) is 5. The van der Waals surface area contributed by atoms with Crippen LogP contribution in [0, 0.1) is 6.92 Å². The van der Waals surface area contributed by atoms with Gasteiger partial charge in [-0.05, 0) is 36.8 Å². The molecule has 0 atom stereocenters. The number of nitrogens with one attached hydrogen (secondary N) is 1. The number of benzene rings is 1. The second-order valence-corrected chi connectivity index (χ2v) is 7.17. The van der Waals surface area contributed by atoms with Gasteiger partial charge >= 0.3 is 0 Å². The summed E-state index contributed by atoms with van der Waals surface area (Å²) in [5.41, 5.74) is 5.50. The Morgan fingerprint density at radius 1 is 1.10 bits per heavy atom. The van der Waals surface area contributed by atoms with Crippen LogP contribution in [0.25, 0.3) is 28.2 Å². The molecule has 0 fully saturated rings. The summed E-state index contributed by atoms with van der Waals surface area (Å²) in [4.78, 5) is 21.3. The first kappa shape index (κ1) is 18.7. The number of carbonyl (C=O) groups is 1. The zero-order valence-corrected chi connectivity index (χ0v) is 16.8. The first-order chi connectivity index (χ1) is 15.2. The number of nitrogens with zero attached hydrogens (tertiary/aromatic N) is 4. The second-order valence-electron chi connectivity index (χ2n) is 7.17. The minimum atomic E-state index is -0.157. The first-order valence-electron chi connectivity index (χ1n) is 9.87. The van der Waals surface area contributed by atoms with Gasteiger partial charge in [0, 0.05) is 42.5 Å². The third-order valence-electron chi connectivity index (χ3n) is 5.09. The average Bonchev–Trinajstić information content (AvgIpc) is 3.41. The van der Waals surface area contributed by atoms with Crippen molar-refractivity contribution in [2.45, 2.75) is 13.5 Å². The van der Waals surface area contributed by atoms with Crippen molar-refractivity contribution in [1.82, 2.24) is 24.8 Å². The van der Waals surface area contributed by atoms with Crippen molar-refractivity contribution in [2.24, 2.45) is 0 Å². The Morgan fingerprint density at radius 3 is 2.71 bits per heavy atom. The van der Waals surface area contributed by atoms with Crippen molar-refractivity contribution >= 4 is 11.6 Å². The minimum Gasteiger partial charge on any atom is -0.360 e. The molecule has 1 N–H and O–H groups in total. The van der Waals surface area contributed by atoms with Crippen LogP contribution in [0.3, 0.4) is 0 Å². The maximum Gasteiger partial charge on any atom is 0.251 e. The number of rotatable bonds is 5. The molecule has 0 aliphatic rings. The van der Waals surface area contributed by atoms with Crippen LogP contribution in [-0.4, -0.2) is 25.4 Å². The standard InChI is InChI=1S/C24H19N5O2/c1-16-22(23(28-31-16)18-5-3-2-4-6-18)20-15-29-12-9-19(13-21(29)27-20)24(30)26-14-17-7-10-25-11-8-17/h2-13,15H,14H2,1H3,(H,26,30). The number of imidazole rings is 1. The van der Waals surface area contributed by atoms with Gasteiger partial charge in [0.2, 0.25) is 0 Å². The van der Waals surface area contributed by atoms with Gasteiger partial charge in [-0.1, -0.05) is 35.5 Å². The summed E-state index contributed by atoms with van der Waals surface area (Å²) in [6.45, 7) is 2.31. The fourth-order valence-electron chi connectivity index (χ4n) is 3.50. The van der Waals surface area contributed by atoms with Gasteiger partial charge in [0.25, 0.3) is 5.91 Å². The van der Waals surface area contributed by atoms with Crippen LogP contribution in [0.4, 0.5) is 0 Å². The molecule has 0 bridgehead atoms. The molecule has 5 aromatic rings.